The fourth-order valence-electron chi connectivity index (χ4n) is 2.71. The van der Waals surface area contributed by atoms with Crippen molar-refractivity contribution in [3.63, 3.8) is 0 Å². The zero-order chi connectivity index (χ0) is 12.0. The summed E-state index contributed by atoms with van der Waals surface area (Å²) in [5.41, 5.74) is 0. The molecule has 0 aromatic rings. The minimum Gasteiger partial charge on any atom is -0.0631 e. The molecule has 0 heterocycles. The van der Waals surface area contributed by atoms with E-state index in [0.29, 0.717) is 0 Å². The van der Waals surface area contributed by atoms with E-state index in [1.807, 2.05) is 0 Å². The minimum atomic E-state index is -0.299. The first-order valence-corrected chi connectivity index (χ1v) is 16.6. The van der Waals surface area contributed by atoms with Crippen LogP contribution < -0.4 is 0 Å². The van der Waals surface area contributed by atoms with Crippen molar-refractivity contribution < 1.29 is 0 Å². The second-order valence-electron chi connectivity index (χ2n) is 6.63. The van der Waals surface area contributed by atoms with Crippen molar-refractivity contribution in [2.24, 2.45) is 17.8 Å². The van der Waals surface area contributed by atoms with Crippen LogP contribution in [0.1, 0.15) is 41.5 Å². The van der Waals surface area contributed by atoms with Crippen LogP contribution in [-0.4, -0.2) is 25.9 Å². The van der Waals surface area contributed by atoms with Gasteiger partial charge in [-0.15, -0.1) is 0 Å². The SMILES string of the molecule is CC(C)C[SiH]([SiH3])[SiH](CC(C)C)CC(C)C. The monoisotopic (exact) mass is 260 g/mol. The highest BCUT2D eigenvalue weighted by molar-refractivity contribution is 7.41. The molecule has 0 spiro atoms. The van der Waals surface area contributed by atoms with Crippen LogP contribution in [0.4, 0.5) is 0 Å². The van der Waals surface area contributed by atoms with E-state index in [0.717, 1.165) is 17.8 Å². The molecule has 0 amide bonds. The average molecular weight is 261 g/mol. The summed E-state index contributed by atoms with van der Waals surface area (Å²) in [6, 6.07) is 4.94. The van der Waals surface area contributed by atoms with Gasteiger partial charge in [0, 0.05) is 16.1 Å². The van der Waals surface area contributed by atoms with Crippen molar-refractivity contribution in [1.29, 1.82) is 0 Å². The summed E-state index contributed by atoms with van der Waals surface area (Å²) in [4.78, 5) is 0. The largest absolute Gasteiger partial charge is 0.0631 e. The molecule has 0 aliphatic rings. The van der Waals surface area contributed by atoms with Crippen molar-refractivity contribution in [1.82, 2.24) is 0 Å². The first-order chi connectivity index (χ1) is 6.82. The fourth-order valence-corrected chi connectivity index (χ4v) is 24.7. The molecule has 0 radical (unpaired) electrons. The highest BCUT2D eigenvalue weighted by Gasteiger charge is 2.22. The molecule has 0 N–H and O–H groups in total. The van der Waals surface area contributed by atoms with Gasteiger partial charge in [0.25, 0.3) is 0 Å². The zero-order valence-corrected chi connectivity index (χ0v) is 16.3. The van der Waals surface area contributed by atoms with Crippen molar-refractivity contribution in [3.8, 4) is 0 Å². The molecule has 0 rings (SSSR count). The van der Waals surface area contributed by atoms with E-state index in [4.69, 9.17) is 0 Å². The van der Waals surface area contributed by atoms with Crippen LogP contribution in [0.15, 0.2) is 0 Å². The molecule has 3 heteroatoms. The smallest absolute Gasteiger partial charge is 0.0250 e. The number of hydrogen-bond acceptors (Lipinski definition) is 0. The molecule has 0 aliphatic heterocycles. The van der Waals surface area contributed by atoms with Gasteiger partial charge >= 0.3 is 0 Å². The second-order valence-corrected chi connectivity index (χ2v) is 26.2. The van der Waals surface area contributed by atoms with Gasteiger partial charge in [0.1, 0.15) is 0 Å². The molecular weight excluding hydrogens is 228 g/mol. The van der Waals surface area contributed by atoms with Crippen LogP contribution in [0.3, 0.4) is 0 Å². The Morgan fingerprint density at radius 2 is 1.07 bits per heavy atom. The van der Waals surface area contributed by atoms with E-state index >= 15 is 0 Å². The second kappa shape index (κ2) is 7.85. The van der Waals surface area contributed by atoms with Crippen molar-refractivity contribution in [2.75, 3.05) is 0 Å². The van der Waals surface area contributed by atoms with Gasteiger partial charge in [0.05, 0.1) is 0 Å². The van der Waals surface area contributed by atoms with Crippen molar-refractivity contribution in [2.45, 2.75) is 59.7 Å². The van der Waals surface area contributed by atoms with Crippen LogP contribution in [0.25, 0.3) is 0 Å². The van der Waals surface area contributed by atoms with Gasteiger partial charge in [-0.05, 0) is 21.6 Å². The van der Waals surface area contributed by atoms with E-state index in [2.05, 4.69) is 41.5 Å². The van der Waals surface area contributed by atoms with Gasteiger partial charge < -0.3 is 0 Å². The van der Waals surface area contributed by atoms with Crippen molar-refractivity contribution in [3.05, 3.63) is 0 Å². The van der Waals surface area contributed by atoms with Crippen molar-refractivity contribution >= 4 is 25.9 Å². The summed E-state index contributed by atoms with van der Waals surface area (Å²) in [5, 5.41) is 0. The summed E-state index contributed by atoms with van der Waals surface area (Å²) in [6.07, 6.45) is 0. The highest BCUT2D eigenvalue weighted by Crippen LogP contribution is 2.19. The molecule has 0 aromatic heterocycles. The molecule has 0 bridgehead atoms. The molecule has 0 fully saturated rings. The average Bonchev–Trinajstić information content (AvgIpc) is 1.99. The van der Waals surface area contributed by atoms with E-state index in [1.54, 1.807) is 27.9 Å². The Hall–Kier alpha value is 0.651. The summed E-state index contributed by atoms with van der Waals surface area (Å²) >= 11 is 0. The van der Waals surface area contributed by atoms with Gasteiger partial charge in [0.15, 0.2) is 0 Å². The van der Waals surface area contributed by atoms with E-state index in [-0.39, 0.29) is 16.1 Å². The summed E-state index contributed by atoms with van der Waals surface area (Å²) < 4.78 is 0. The maximum absolute atomic E-state index is 2.43. The Labute approximate surface area is 103 Å². The lowest BCUT2D eigenvalue weighted by Gasteiger charge is -2.26. The lowest BCUT2D eigenvalue weighted by molar-refractivity contribution is 0.693. The van der Waals surface area contributed by atoms with E-state index in [9.17, 15) is 0 Å². The standard InChI is InChI=1S/C12H32Si3/c1-10(2)7-14(8-11(3)4)15(13)9-12(5)6/h10-12,14-15H,7-9H2,1-6,13H3. The third-order valence-corrected chi connectivity index (χ3v) is 26.8. The Balaban J connectivity index is 4.20. The summed E-state index contributed by atoms with van der Waals surface area (Å²) in [5.74, 6) is 2.92. The lowest BCUT2D eigenvalue weighted by atomic mass is 10.3. The van der Waals surface area contributed by atoms with Crippen LogP contribution >= 0.6 is 0 Å². The molecule has 0 aliphatic carbocycles. The molecular formula is C12H32Si3. The molecule has 1 atom stereocenters. The lowest BCUT2D eigenvalue weighted by Crippen LogP contribution is -2.39. The topological polar surface area (TPSA) is 0 Å². The van der Waals surface area contributed by atoms with Gasteiger partial charge in [-0.3, -0.25) is 0 Å². The molecule has 0 saturated carbocycles. The Morgan fingerprint density at radius 3 is 1.33 bits per heavy atom. The number of hydrogen-bond donors (Lipinski definition) is 0. The quantitative estimate of drug-likeness (QED) is 0.617. The Bertz CT molecular complexity index is 145. The maximum atomic E-state index is 2.43. The van der Waals surface area contributed by atoms with Gasteiger partial charge in [-0.25, -0.2) is 0 Å². The van der Waals surface area contributed by atoms with Gasteiger partial charge in [0.2, 0.25) is 0 Å². The predicted molar refractivity (Wildman–Crippen MR) is 83.2 cm³/mol. The van der Waals surface area contributed by atoms with Crippen LogP contribution in [0, 0.1) is 17.8 Å². The van der Waals surface area contributed by atoms with E-state index in [1.165, 1.54) is 0 Å². The third-order valence-electron chi connectivity index (χ3n) is 3.20. The third kappa shape index (κ3) is 8.46. The normalized spacial score (nSPS) is 14.8. The molecule has 0 nitrogen and oxygen atoms in total. The molecule has 0 aromatic carbocycles. The van der Waals surface area contributed by atoms with Crippen LogP contribution in [0.5, 0.6) is 0 Å². The molecule has 92 valence electrons. The first kappa shape index (κ1) is 15.7. The first-order valence-electron chi connectivity index (χ1n) is 6.82. The Kier molecular flexibility index (Phi) is 8.19. The van der Waals surface area contributed by atoms with Gasteiger partial charge in [-0.2, -0.15) is 0 Å². The maximum Gasteiger partial charge on any atom is 0.0250 e. The fraction of sp³-hybridized carbons (Fsp3) is 1.00. The zero-order valence-electron chi connectivity index (χ0n) is 12.0. The minimum absolute atomic E-state index is 0.209. The van der Waals surface area contributed by atoms with E-state index < -0.39 is 0 Å². The molecule has 1 unspecified atom stereocenters. The Morgan fingerprint density at radius 1 is 0.733 bits per heavy atom. The summed E-state index contributed by atoms with van der Waals surface area (Å²) in [6.45, 7) is 14.6. The van der Waals surface area contributed by atoms with Crippen LogP contribution in [0.2, 0.25) is 18.1 Å². The highest BCUT2D eigenvalue weighted by atomic mass is 29.6. The molecule has 0 saturated heterocycles. The van der Waals surface area contributed by atoms with Gasteiger partial charge in [-0.1, -0.05) is 65.6 Å². The summed E-state index contributed by atoms with van der Waals surface area (Å²) in [7, 11) is 1.07. The number of rotatable bonds is 7. The predicted octanol–water partition coefficient (Wildman–Crippen LogP) is 2.35. The van der Waals surface area contributed by atoms with Crippen LogP contribution in [-0.2, 0) is 0 Å². The molecule has 15 heavy (non-hydrogen) atoms.